The van der Waals surface area contributed by atoms with Crippen molar-refractivity contribution in [2.24, 2.45) is 13.0 Å². The first-order chi connectivity index (χ1) is 17.6. The number of benzene rings is 1. The van der Waals surface area contributed by atoms with Crippen molar-refractivity contribution in [1.82, 2.24) is 25.0 Å². The number of rotatable bonds is 7. The number of nitrogen functional groups attached to an aromatic ring is 1. The molecule has 4 rings (SSSR count). The Bertz CT molecular complexity index is 1300. The number of aromatic nitrogens is 3. The number of hydrogen-bond acceptors (Lipinski definition) is 6. The molecule has 11 heteroatoms. The molecule has 10 nitrogen and oxygen atoms in total. The normalized spacial score (nSPS) is 17.8. The molecule has 0 radical (unpaired) electrons. The summed E-state index contributed by atoms with van der Waals surface area (Å²) in [4.78, 5) is 46.8. The van der Waals surface area contributed by atoms with Gasteiger partial charge in [0.2, 0.25) is 5.91 Å². The molecule has 1 aliphatic heterocycles. The van der Waals surface area contributed by atoms with Crippen molar-refractivity contribution >= 4 is 29.4 Å². The number of amides is 4. The first-order valence-corrected chi connectivity index (χ1v) is 12.0. The van der Waals surface area contributed by atoms with Crippen LogP contribution in [0.15, 0.2) is 48.8 Å². The smallest absolute Gasteiger partial charge is 0.325 e. The molecule has 1 saturated heterocycles. The van der Waals surface area contributed by atoms with E-state index in [1.807, 2.05) is 6.92 Å². The fourth-order valence-electron chi connectivity index (χ4n) is 4.64. The molecule has 3 heterocycles. The van der Waals surface area contributed by atoms with Crippen molar-refractivity contribution < 1.29 is 18.8 Å². The maximum absolute atomic E-state index is 13.6. The van der Waals surface area contributed by atoms with Gasteiger partial charge in [-0.1, -0.05) is 19.1 Å². The summed E-state index contributed by atoms with van der Waals surface area (Å²) >= 11 is 0. The number of aryl methyl sites for hydroxylation is 2. The van der Waals surface area contributed by atoms with Crippen LogP contribution in [-0.4, -0.2) is 50.6 Å². The Balaban J connectivity index is 1.60. The Morgan fingerprint density at radius 3 is 2.54 bits per heavy atom. The zero-order chi connectivity index (χ0) is 26.9. The van der Waals surface area contributed by atoms with Gasteiger partial charge in [-0.3, -0.25) is 19.2 Å². The van der Waals surface area contributed by atoms with Gasteiger partial charge in [0.25, 0.3) is 5.91 Å². The van der Waals surface area contributed by atoms with E-state index in [2.05, 4.69) is 15.4 Å². The number of likely N-dealkylation sites (tertiary alicyclic amines) is 1. The van der Waals surface area contributed by atoms with Crippen LogP contribution in [0.25, 0.3) is 0 Å². The van der Waals surface area contributed by atoms with Gasteiger partial charge < -0.3 is 16.0 Å². The van der Waals surface area contributed by atoms with E-state index < -0.39 is 35.8 Å². The Hall–Kier alpha value is -4.28. The number of urea groups is 1. The summed E-state index contributed by atoms with van der Waals surface area (Å²) in [6.45, 7) is 3.66. The number of halogens is 1. The predicted molar refractivity (Wildman–Crippen MR) is 136 cm³/mol. The molecular weight excluding hydrogens is 477 g/mol. The molecule has 1 fully saturated rings. The van der Waals surface area contributed by atoms with Gasteiger partial charge >= 0.3 is 6.03 Å². The van der Waals surface area contributed by atoms with E-state index in [9.17, 15) is 18.8 Å². The van der Waals surface area contributed by atoms with Gasteiger partial charge in [-0.05, 0) is 55.2 Å². The number of carbonyl (C=O) groups excluding carboxylic acids is 3. The van der Waals surface area contributed by atoms with Crippen molar-refractivity contribution in [2.45, 2.75) is 38.8 Å². The predicted octanol–water partition coefficient (Wildman–Crippen LogP) is 2.74. The first-order valence-electron chi connectivity index (χ1n) is 12.0. The number of nitrogens with two attached hydrogens (primary N) is 1. The number of carbonyl (C=O) groups is 3. The van der Waals surface area contributed by atoms with Crippen LogP contribution < -0.4 is 16.0 Å². The average molecular weight is 508 g/mol. The molecule has 3 atom stereocenters. The summed E-state index contributed by atoms with van der Waals surface area (Å²) in [7, 11) is 3.31. The first kappa shape index (κ1) is 25.8. The van der Waals surface area contributed by atoms with Gasteiger partial charge in [0, 0.05) is 26.0 Å². The number of β-lactam (4-membered cyclic amide) rings is 1. The monoisotopic (exact) mass is 507 g/mol. The molecule has 3 N–H and O–H groups in total. The summed E-state index contributed by atoms with van der Waals surface area (Å²) < 4.78 is 14.9. The lowest BCUT2D eigenvalue weighted by atomic mass is 9.81. The van der Waals surface area contributed by atoms with E-state index in [4.69, 9.17) is 5.73 Å². The maximum Gasteiger partial charge on any atom is 0.325 e. The topological polar surface area (TPSA) is 126 Å². The molecule has 0 aliphatic carbocycles. The fraction of sp³-hybridized carbons (Fsp3) is 0.346. The van der Waals surface area contributed by atoms with Crippen molar-refractivity contribution in [3.05, 3.63) is 71.4 Å². The minimum Gasteiger partial charge on any atom is -0.384 e. The van der Waals surface area contributed by atoms with Crippen LogP contribution in [-0.2, 0) is 23.1 Å². The summed E-state index contributed by atoms with van der Waals surface area (Å²) in [5, 5.41) is 6.94. The standard InChI is InChI=1S/C26H30FN7O3/c1-5-21(17-6-8-18(27)9-7-17)31-26(37)34-23(25(36)33(4)19-13-29-32(3)14-19)20(24(34)35)11-16-10-15(2)30-22(28)12-16/h6-10,12-14,20-21,23H,5,11H2,1-4H3,(H2,28,30)(H,31,37)/t20-,21-,23+/m1/s1. The van der Waals surface area contributed by atoms with Crippen LogP contribution in [0.5, 0.6) is 0 Å². The second-order valence-corrected chi connectivity index (χ2v) is 9.24. The van der Waals surface area contributed by atoms with Gasteiger partial charge in [0.15, 0.2) is 0 Å². The number of nitrogens with one attached hydrogen (secondary N) is 1. The number of nitrogens with zero attached hydrogens (tertiary/aromatic N) is 5. The summed E-state index contributed by atoms with van der Waals surface area (Å²) in [5.41, 5.74) is 8.56. The lowest BCUT2D eigenvalue weighted by molar-refractivity contribution is -0.156. The molecule has 0 unspecified atom stereocenters. The molecule has 0 saturated carbocycles. The van der Waals surface area contributed by atoms with Crippen LogP contribution in [0, 0.1) is 18.7 Å². The summed E-state index contributed by atoms with van der Waals surface area (Å²) in [6.07, 6.45) is 3.94. The Morgan fingerprint density at radius 2 is 1.95 bits per heavy atom. The highest BCUT2D eigenvalue weighted by atomic mass is 19.1. The zero-order valence-electron chi connectivity index (χ0n) is 21.2. The number of hydrogen-bond donors (Lipinski definition) is 2. The lowest BCUT2D eigenvalue weighted by Gasteiger charge is -2.46. The van der Waals surface area contributed by atoms with E-state index in [-0.39, 0.29) is 12.2 Å². The molecular formula is C26H30FN7O3. The third-order valence-corrected chi connectivity index (χ3v) is 6.56. The average Bonchev–Trinajstić information content (AvgIpc) is 3.29. The SMILES string of the molecule is CC[C@@H](NC(=O)N1C(=O)[C@H](Cc2cc(C)nc(N)c2)[C@H]1C(=O)N(C)c1cnn(C)c1)c1ccc(F)cc1. The van der Waals surface area contributed by atoms with Crippen LogP contribution in [0.2, 0.25) is 0 Å². The van der Waals surface area contributed by atoms with Gasteiger partial charge in [0.1, 0.15) is 17.7 Å². The van der Waals surface area contributed by atoms with Crippen LogP contribution in [0.1, 0.15) is 36.2 Å². The van der Waals surface area contributed by atoms with Crippen molar-refractivity contribution in [3.8, 4) is 0 Å². The molecule has 194 valence electrons. The van der Waals surface area contributed by atoms with Crippen LogP contribution in [0.3, 0.4) is 0 Å². The lowest BCUT2D eigenvalue weighted by Crippen LogP contribution is -2.70. The summed E-state index contributed by atoms with van der Waals surface area (Å²) in [6, 6.07) is 7.09. The number of imide groups is 1. The molecule has 3 aromatic rings. The maximum atomic E-state index is 13.6. The molecule has 2 aromatic heterocycles. The van der Waals surface area contributed by atoms with Crippen molar-refractivity contribution in [3.63, 3.8) is 0 Å². The minimum atomic E-state index is -1.03. The molecule has 4 amide bonds. The van der Waals surface area contributed by atoms with E-state index in [0.717, 1.165) is 10.5 Å². The van der Waals surface area contributed by atoms with E-state index in [1.54, 1.807) is 56.2 Å². The van der Waals surface area contributed by atoms with E-state index >= 15 is 0 Å². The minimum absolute atomic E-state index is 0.225. The highest BCUT2D eigenvalue weighted by Crippen LogP contribution is 2.33. The Labute approximate surface area is 214 Å². The Kier molecular flexibility index (Phi) is 7.23. The van der Waals surface area contributed by atoms with Gasteiger partial charge in [-0.15, -0.1) is 0 Å². The molecule has 1 aliphatic rings. The molecule has 0 spiro atoms. The number of likely N-dealkylation sites (N-methyl/N-ethyl adjacent to an activating group) is 1. The molecule has 37 heavy (non-hydrogen) atoms. The largest absolute Gasteiger partial charge is 0.384 e. The summed E-state index contributed by atoms with van der Waals surface area (Å²) in [5.74, 6) is -1.71. The van der Waals surface area contributed by atoms with Crippen molar-refractivity contribution in [2.75, 3.05) is 17.7 Å². The quantitative estimate of drug-likeness (QED) is 0.474. The highest BCUT2D eigenvalue weighted by Gasteiger charge is 2.55. The number of pyridine rings is 1. The van der Waals surface area contributed by atoms with Gasteiger partial charge in [-0.25, -0.2) is 14.2 Å². The molecule has 0 bridgehead atoms. The van der Waals surface area contributed by atoms with Crippen LogP contribution in [0.4, 0.5) is 20.7 Å². The molecule has 1 aromatic carbocycles. The third-order valence-electron chi connectivity index (χ3n) is 6.56. The van der Waals surface area contributed by atoms with E-state index in [1.165, 1.54) is 23.2 Å². The second kappa shape index (κ2) is 10.4. The third kappa shape index (κ3) is 5.30. The van der Waals surface area contributed by atoms with Crippen LogP contribution >= 0.6 is 0 Å². The highest BCUT2D eigenvalue weighted by molar-refractivity contribution is 6.12. The van der Waals surface area contributed by atoms with E-state index in [0.29, 0.717) is 29.2 Å². The van der Waals surface area contributed by atoms with Gasteiger partial charge in [-0.2, -0.15) is 5.10 Å². The van der Waals surface area contributed by atoms with Gasteiger partial charge in [0.05, 0.1) is 23.8 Å². The number of anilines is 2. The fourth-order valence-corrected chi connectivity index (χ4v) is 4.64. The van der Waals surface area contributed by atoms with Crippen molar-refractivity contribution in [1.29, 1.82) is 0 Å². The zero-order valence-corrected chi connectivity index (χ0v) is 21.2. The second-order valence-electron chi connectivity index (χ2n) is 9.24. The Morgan fingerprint density at radius 1 is 1.24 bits per heavy atom.